The van der Waals surface area contributed by atoms with Gasteiger partial charge in [-0.15, -0.1) is 0 Å². The molecular weight excluding hydrogens is 387 g/mol. The first-order chi connectivity index (χ1) is 14.7. The first-order valence-electron chi connectivity index (χ1n) is 9.77. The number of hydrogen-bond donors (Lipinski definition) is 0. The number of nitrogens with zero attached hydrogens (tertiary/aromatic N) is 2. The molecule has 30 heavy (non-hydrogen) atoms. The molecule has 3 aromatic rings. The minimum absolute atomic E-state index is 0.0955. The monoisotopic (exact) mass is 406 g/mol. The second-order valence-corrected chi connectivity index (χ2v) is 7.19. The molecule has 2 aliphatic heterocycles. The fourth-order valence-electron chi connectivity index (χ4n) is 3.68. The van der Waals surface area contributed by atoms with Gasteiger partial charge in [-0.05, 0) is 54.5 Å². The molecule has 0 saturated heterocycles. The zero-order valence-electron chi connectivity index (χ0n) is 16.1. The van der Waals surface area contributed by atoms with Gasteiger partial charge in [0, 0.05) is 23.7 Å². The molecule has 2 aromatic carbocycles. The zero-order chi connectivity index (χ0) is 20.5. The molecule has 0 N–H and O–H groups in total. The maximum Gasteiger partial charge on any atom is 0.246 e. The quantitative estimate of drug-likeness (QED) is 0.618. The summed E-state index contributed by atoms with van der Waals surface area (Å²) in [5.74, 6) is 1.66. The van der Waals surface area contributed by atoms with Crippen LogP contribution in [0.25, 0.3) is 17.4 Å². The average Bonchev–Trinajstić information content (AvgIpc) is 3.21. The predicted molar refractivity (Wildman–Crippen MR) is 107 cm³/mol. The lowest BCUT2D eigenvalue weighted by Crippen LogP contribution is -2.34. The van der Waals surface area contributed by atoms with Crippen LogP contribution in [0.1, 0.15) is 16.8 Å². The van der Waals surface area contributed by atoms with E-state index in [9.17, 15) is 9.18 Å². The number of rotatable bonds is 3. The Bertz CT molecular complexity index is 1120. The van der Waals surface area contributed by atoms with Crippen LogP contribution in [-0.4, -0.2) is 35.7 Å². The summed E-state index contributed by atoms with van der Waals surface area (Å²) >= 11 is 0. The van der Waals surface area contributed by atoms with Gasteiger partial charge in [-0.2, -0.15) is 0 Å². The predicted octanol–water partition coefficient (Wildman–Crippen LogP) is 3.85. The van der Waals surface area contributed by atoms with Crippen LogP contribution in [0.5, 0.6) is 11.5 Å². The van der Waals surface area contributed by atoms with Crippen LogP contribution in [0.15, 0.2) is 53.1 Å². The molecule has 6 nitrogen and oxygen atoms in total. The Balaban J connectivity index is 1.28. The normalized spacial score (nSPS) is 15.3. The number of halogens is 1. The summed E-state index contributed by atoms with van der Waals surface area (Å²) in [7, 11) is 0. The van der Waals surface area contributed by atoms with Crippen LogP contribution in [0.3, 0.4) is 0 Å². The number of carbonyl (C=O) groups excluding carboxylic acids is 1. The third-order valence-electron chi connectivity index (χ3n) is 5.24. The van der Waals surface area contributed by atoms with E-state index in [1.165, 1.54) is 12.1 Å². The van der Waals surface area contributed by atoms with Crippen LogP contribution in [0, 0.1) is 5.82 Å². The summed E-state index contributed by atoms with van der Waals surface area (Å²) < 4.78 is 29.8. The van der Waals surface area contributed by atoms with Gasteiger partial charge in [0.1, 0.15) is 24.7 Å². The van der Waals surface area contributed by atoms with Crippen molar-refractivity contribution in [2.75, 3.05) is 19.8 Å². The second kappa shape index (κ2) is 7.67. The van der Waals surface area contributed by atoms with Gasteiger partial charge >= 0.3 is 0 Å². The summed E-state index contributed by atoms with van der Waals surface area (Å²) in [4.78, 5) is 14.4. The number of aromatic nitrogens is 1. The lowest BCUT2D eigenvalue weighted by Gasteiger charge is -2.24. The number of amides is 1. The van der Waals surface area contributed by atoms with Gasteiger partial charge in [0.25, 0.3) is 0 Å². The van der Waals surface area contributed by atoms with Crippen LogP contribution in [0.2, 0.25) is 0 Å². The number of fused-ring (bicyclic) bond motifs is 2. The van der Waals surface area contributed by atoms with E-state index in [0.717, 1.165) is 28.1 Å². The van der Waals surface area contributed by atoms with Crippen LogP contribution < -0.4 is 9.47 Å². The molecule has 7 heteroatoms. The van der Waals surface area contributed by atoms with E-state index in [1.54, 1.807) is 29.2 Å². The van der Waals surface area contributed by atoms with E-state index >= 15 is 0 Å². The Morgan fingerprint density at radius 2 is 1.87 bits per heavy atom. The minimum atomic E-state index is -0.297. The van der Waals surface area contributed by atoms with Crippen LogP contribution in [0.4, 0.5) is 4.39 Å². The van der Waals surface area contributed by atoms with Crippen molar-refractivity contribution in [1.29, 1.82) is 0 Å². The molecule has 3 heterocycles. The number of ether oxygens (including phenoxy) is 2. The molecule has 0 spiro atoms. The van der Waals surface area contributed by atoms with Crippen molar-refractivity contribution in [1.82, 2.24) is 10.1 Å². The van der Waals surface area contributed by atoms with Crippen molar-refractivity contribution in [2.24, 2.45) is 0 Å². The van der Waals surface area contributed by atoms with Gasteiger partial charge < -0.3 is 18.9 Å². The SMILES string of the molecule is O=C(/C=C\c1ccc2c(c1)OCCO2)N1CCc2c(noc2-c2ccc(F)cc2)C1. The molecule has 152 valence electrons. The molecule has 1 amide bonds. The fourth-order valence-corrected chi connectivity index (χ4v) is 3.68. The lowest BCUT2D eigenvalue weighted by molar-refractivity contribution is -0.126. The second-order valence-electron chi connectivity index (χ2n) is 7.19. The maximum atomic E-state index is 13.2. The van der Waals surface area contributed by atoms with Crippen molar-refractivity contribution in [2.45, 2.75) is 13.0 Å². The van der Waals surface area contributed by atoms with E-state index in [-0.39, 0.29) is 11.7 Å². The average molecular weight is 406 g/mol. The Morgan fingerprint density at radius 1 is 1.07 bits per heavy atom. The number of hydrogen-bond acceptors (Lipinski definition) is 5. The van der Waals surface area contributed by atoms with Crippen LogP contribution >= 0.6 is 0 Å². The molecule has 1 aromatic heterocycles. The first kappa shape index (κ1) is 18.4. The molecule has 0 bridgehead atoms. The van der Waals surface area contributed by atoms with Crippen molar-refractivity contribution >= 4 is 12.0 Å². The molecule has 0 saturated carbocycles. The standard InChI is InChI=1S/C23H19FN2O4/c24-17-5-3-16(4-6-17)23-18-9-10-26(14-19(18)25-30-23)22(27)8-2-15-1-7-20-21(13-15)29-12-11-28-20/h1-8,13H,9-12,14H2/b8-2-. The van der Waals surface area contributed by atoms with E-state index in [1.807, 2.05) is 18.2 Å². The Labute approximate surface area is 172 Å². The van der Waals surface area contributed by atoms with Crippen molar-refractivity contribution in [3.05, 3.63) is 71.2 Å². The number of benzene rings is 2. The highest BCUT2D eigenvalue weighted by molar-refractivity contribution is 5.92. The summed E-state index contributed by atoms with van der Waals surface area (Å²) in [5.41, 5.74) is 3.36. The highest BCUT2D eigenvalue weighted by atomic mass is 19.1. The highest BCUT2D eigenvalue weighted by Gasteiger charge is 2.26. The van der Waals surface area contributed by atoms with Crippen LogP contribution in [-0.2, 0) is 17.8 Å². The van der Waals surface area contributed by atoms with Gasteiger partial charge in [-0.1, -0.05) is 11.2 Å². The molecule has 0 unspecified atom stereocenters. The van der Waals surface area contributed by atoms with Crippen molar-refractivity contribution in [3.63, 3.8) is 0 Å². The van der Waals surface area contributed by atoms with E-state index in [2.05, 4.69) is 5.16 Å². The fraction of sp³-hybridized carbons (Fsp3) is 0.217. The van der Waals surface area contributed by atoms with E-state index in [4.69, 9.17) is 14.0 Å². The highest BCUT2D eigenvalue weighted by Crippen LogP contribution is 2.32. The molecular formula is C23H19FN2O4. The Hall–Kier alpha value is -3.61. The lowest BCUT2D eigenvalue weighted by atomic mass is 10.0. The van der Waals surface area contributed by atoms with Gasteiger partial charge in [-0.25, -0.2) is 4.39 Å². The number of carbonyl (C=O) groups is 1. The van der Waals surface area contributed by atoms with Gasteiger partial charge in [0.15, 0.2) is 17.3 Å². The topological polar surface area (TPSA) is 64.8 Å². The largest absolute Gasteiger partial charge is 0.486 e. The molecule has 0 radical (unpaired) electrons. The molecule has 5 rings (SSSR count). The summed E-state index contributed by atoms with van der Waals surface area (Å²) in [6, 6.07) is 11.7. The van der Waals surface area contributed by atoms with Gasteiger partial charge in [0.05, 0.1) is 6.54 Å². The van der Waals surface area contributed by atoms with Gasteiger partial charge in [0.2, 0.25) is 5.91 Å². The molecule has 0 fully saturated rings. The van der Waals surface area contributed by atoms with E-state index < -0.39 is 0 Å². The minimum Gasteiger partial charge on any atom is -0.486 e. The van der Waals surface area contributed by atoms with Crippen molar-refractivity contribution < 1.29 is 23.2 Å². The zero-order valence-corrected chi connectivity index (χ0v) is 16.1. The Kier molecular flexibility index (Phi) is 4.71. The summed E-state index contributed by atoms with van der Waals surface area (Å²) in [5, 5.41) is 4.14. The first-order valence-corrected chi connectivity index (χ1v) is 9.77. The van der Waals surface area contributed by atoms with Crippen molar-refractivity contribution in [3.8, 4) is 22.8 Å². The maximum absolute atomic E-state index is 13.2. The molecule has 2 aliphatic rings. The van der Waals surface area contributed by atoms with Gasteiger partial charge in [-0.3, -0.25) is 4.79 Å². The van der Waals surface area contributed by atoms with E-state index in [0.29, 0.717) is 44.2 Å². The molecule has 0 aliphatic carbocycles. The smallest absolute Gasteiger partial charge is 0.246 e. The Morgan fingerprint density at radius 3 is 2.70 bits per heavy atom. The summed E-state index contributed by atoms with van der Waals surface area (Å²) in [6.45, 7) is 2.01. The molecule has 0 atom stereocenters. The summed E-state index contributed by atoms with van der Waals surface area (Å²) in [6.07, 6.45) is 3.95. The third-order valence-corrected chi connectivity index (χ3v) is 5.24. The third kappa shape index (κ3) is 3.54.